The van der Waals surface area contributed by atoms with Crippen LogP contribution in [-0.2, 0) is 18.4 Å². The van der Waals surface area contributed by atoms with Gasteiger partial charge in [-0.2, -0.15) is 0 Å². The maximum Gasteiger partial charge on any atom is 0.237 e. The molecule has 2 unspecified atom stereocenters. The Kier molecular flexibility index (Phi) is 5.18. The maximum absolute atomic E-state index is 12.8. The van der Waals surface area contributed by atoms with Gasteiger partial charge in [0.15, 0.2) is 0 Å². The number of amides is 1. The number of likely N-dealkylation sites (tertiary alicyclic amines) is 1. The average Bonchev–Trinajstić information content (AvgIpc) is 3.13. The SMILES string of the molecule is Cc1nnc(CN(C)CC(=O)N2CC(c3ccccc3)CC2C)n1C. The molecule has 2 heterocycles. The quantitative estimate of drug-likeness (QED) is 0.834. The van der Waals surface area contributed by atoms with Crippen LogP contribution in [0.4, 0.5) is 0 Å². The normalized spacial score (nSPS) is 20.4. The Labute approximate surface area is 149 Å². The summed E-state index contributed by atoms with van der Waals surface area (Å²) in [6, 6.07) is 10.8. The van der Waals surface area contributed by atoms with Gasteiger partial charge < -0.3 is 9.47 Å². The van der Waals surface area contributed by atoms with Crippen molar-refractivity contribution in [2.24, 2.45) is 7.05 Å². The summed E-state index contributed by atoms with van der Waals surface area (Å²) in [6.07, 6.45) is 1.03. The highest BCUT2D eigenvalue weighted by atomic mass is 16.2. The lowest BCUT2D eigenvalue weighted by atomic mass is 9.97. The second-order valence-electron chi connectivity index (χ2n) is 7.13. The van der Waals surface area contributed by atoms with Crippen molar-refractivity contribution in [1.82, 2.24) is 24.6 Å². The predicted molar refractivity (Wildman–Crippen MR) is 97.0 cm³/mol. The van der Waals surface area contributed by atoms with Gasteiger partial charge in [0, 0.05) is 25.6 Å². The zero-order chi connectivity index (χ0) is 18.0. The van der Waals surface area contributed by atoms with Crippen LogP contribution in [0.1, 0.15) is 36.5 Å². The van der Waals surface area contributed by atoms with E-state index in [-0.39, 0.29) is 11.9 Å². The van der Waals surface area contributed by atoms with Crippen LogP contribution in [0.25, 0.3) is 0 Å². The maximum atomic E-state index is 12.8. The van der Waals surface area contributed by atoms with Gasteiger partial charge in [-0.3, -0.25) is 9.69 Å². The molecule has 0 saturated carbocycles. The van der Waals surface area contributed by atoms with E-state index < -0.39 is 0 Å². The van der Waals surface area contributed by atoms with Crippen molar-refractivity contribution in [1.29, 1.82) is 0 Å². The summed E-state index contributed by atoms with van der Waals surface area (Å²) in [5.74, 6) is 2.39. The molecule has 1 aromatic carbocycles. The molecule has 0 spiro atoms. The van der Waals surface area contributed by atoms with Crippen molar-refractivity contribution in [3.63, 3.8) is 0 Å². The molecule has 0 aliphatic carbocycles. The van der Waals surface area contributed by atoms with E-state index in [0.29, 0.717) is 19.0 Å². The Morgan fingerprint density at radius 2 is 2.00 bits per heavy atom. The first-order valence-electron chi connectivity index (χ1n) is 8.83. The Morgan fingerprint density at radius 1 is 1.28 bits per heavy atom. The van der Waals surface area contributed by atoms with Gasteiger partial charge in [0.2, 0.25) is 5.91 Å². The third-order valence-electron chi connectivity index (χ3n) is 5.17. The van der Waals surface area contributed by atoms with Crippen LogP contribution in [0.5, 0.6) is 0 Å². The number of carbonyl (C=O) groups excluding carboxylic acids is 1. The number of hydrogen-bond acceptors (Lipinski definition) is 4. The summed E-state index contributed by atoms with van der Waals surface area (Å²) in [5, 5.41) is 8.25. The lowest BCUT2D eigenvalue weighted by Crippen LogP contribution is -2.40. The monoisotopic (exact) mass is 341 g/mol. The fourth-order valence-electron chi connectivity index (χ4n) is 3.55. The van der Waals surface area contributed by atoms with E-state index in [1.165, 1.54) is 5.56 Å². The Hall–Kier alpha value is -2.21. The van der Waals surface area contributed by atoms with Crippen molar-refractivity contribution < 1.29 is 4.79 Å². The molecule has 3 rings (SSSR count). The Bertz CT molecular complexity index is 727. The van der Waals surface area contributed by atoms with E-state index in [1.54, 1.807) is 0 Å². The average molecular weight is 341 g/mol. The molecule has 6 heteroatoms. The smallest absolute Gasteiger partial charge is 0.237 e. The van der Waals surface area contributed by atoms with Gasteiger partial charge in [-0.25, -0.2) is 0 Å². The number of benzene rings is 1. The Morgan fingerprint density at radius 3 is 2.64 bits per heavy atom. The summed E-state index contributed by atoms with van der Waals surface area (Å²) in [7, 11) is 3.91. The van der Waals surface area contributed by atoms with Gasteiger partial charge >= 0.3 is 0 Å². The van der Waals surface area contributed by atoms with Crippen LogP contribution in [-0.4, -0.2) is 56.7 Å². The summed E-state index contributed by atoms with van der Waals surface area (Å²) in [4.78, 5) is 16.8. The topological polar surface area (TPSA) is 54.3 Å². The van der Waals surface area contributed by atoms with Gasteiger partial charge in [-0.1, -0.05) is 30.3 Å². The number of carbonyl (C=O) groups is 1. The number of rotatable bonds is 5. The number of hydrogen-bond donors (Lipinski definition) is 0. The van der Waals surface area contributed by atoms with Crippen molar-refractivity contribution >= 4 is 5.91 Å². The van der Waals surface area contributed by atoms with E-state index in [4.69, 9.17) is 0 Å². The van der Waals surface area contributed by atoms with Crippen LogP contribution in [0.2, 0.25) is 0 Å². The second-order valence-corrected chi connectivity index (χ2v) is 7.13. The van der Waals surface area contributed by atoms with E-state index in [0.717, 1.165) is 24.6 Å². The van der Waals surface area contributed by atoms with Crippen molar-refractivity contribution in [2.45, 2.75) is 38.8 Å². The number of aromatic nitrogens is 3. The van der Waals surface area contributed by atoms with Crippen LogP contribution >= 0.6 is 0 Å². The number of aryl methyl sites for hydroxylation is 1. The van der Waals surface area contributed by atoms with Gasteiger partial charge in [0.1, 0.15) is 11.6 Å². The lowest BCUT2D eigenvalue weighted by molar-refractivity contribution is -0.132. The van der Waals surface area contributed by atoms with Gasteiger partial charge in [-0.15, -0.1) is 10.2 Å². The van der Waals surface area contributed by atoms with Crippen molar-refractivity contribution in [3.8, 4) is 0 Å². The summed E-state index contributed by atoms with van der Waals surface area (Å²) >= 11 is 0. The van der Waals surface area contributed by atoms with E-state index in [9.17, 15) is 4.79 Å². The third-order valence-corrected chi connectivity index (χ3v) is 5.17. The summed E-state index contributed by atoms with van der Waals surface area (Å²) in [6.45, 7) is 5.90. The minimum atomic E-state index is 0.187. The van der Waals surface area contributed by atoms with Gasteiger partial charge in [0.05, 0.1) is 13.1 Å². The zero-order valence-electron chi connectivity index (χ0n) is 15.5. The van der Waals surface area contributed by atoms with Gasteiger partial charge in [-0.05, 0) is 32.9 Å². The lowest BCUT2D eigenvalue weighted by Gasteiger charge is -2.24. The van der Waals surface area contributed by atoms with E-state index in [2.05, 4.69) is 41.4 Å². The minimum absolute atomic E-state index is 0.187. The van der Waals surface area contributed by atoms with Crippen LogP contribution in [0, 0.1) is 6.92 Å². The molecular formula is C19H27N5O. The molecule has 0 N–H and O–H groups in total. The fraction of sp³-hybridized carbons (Fsp3) is 0.526. The van der Waals surface area contributed by atoms with E-state index >= 15 is 0 Å². The first kappa shape index (κ1) is 17.6. The van der Waals surface area contributed by atoms with Crippen LogP contribution in [0.3, 0.4) is 0 Å². The van der Waals surface area contributed by atoms with Crippen LogP contribution < -0.4 is 0 Å². The molecule has 1 aliphatic heterocycles. The van der Waals surface area contributed by atoms with E-state index in [1.807, 2.05) is 41.5 Å². The predicted octanol–water partition coefficient (Wildman–Crippen LogP) is 1.96. The largest absolute Gasteiger partial charge is 0.338 e. The molecule has 25 heavy (non-hydrogen) atoms. The highest BCUT2D eigenvalue weighted by Gasteiger charge is 2.33. The molecular weight excluding hydrogens is 314 g/mol. The first-order chi connectivity index (χ1) is 12.0. The number of nitrogens with zero attached hydrogens (tertiary/aromatic N) is 5. The fourth-order valence-corrected chi connectivity index (χ4v) is 3.55. The molecule has 2 atom stereocenters. The van der Waals surface area contributed by atoms with Crippen molar-refractivity contribution in [2.75, 3.05) is 20.1 Å². The highest BCUT2D eigenvalue weighted by molar-refractivity contribution is 5.79. The molecule has 0 bridgehead atoms. The molecule has 1 amide bonds. The standard InChI is InChI=1S/C19H27N5O/c1-14-10-17(16-8-6-5-7-9-16)11-24(14)19(25)13-22(3)12-18-21-20-15(2)23(18)4/h5-9,14,17H,10-13H2,1-4H3. The summed E-state index contributed by atoms with van der Waals surface area (Å²) in [5.41, 5.74) is 1.33. The summed E-state index contributed by atoms with van der Waals surface area (Å²) < 4.78 is 1.96. The zero-order valence-corrected chi connectivity index (χ0v) is 15.5. The third kappa shape index (κ3) is 3.90. The highest BCUT2D eigenvalue weighted by Crippen LogP contribution is 2.31. The molecule has 1 aliphatic rings. The number of likely N-dealkylation sites (N-methyl/N-ethyl adjacent to an activating group) is 1. The molecule has 134 valence electrons. The van der Waals surface area contributed by atoms with Gasteiger partial charge in [0.25, 0.3) is 0 Å². The molecule has 1 fully saturated rings. The molecule has 0 radical (unpaired) electrons. The minimum Gasteiger partial charge on any atom is -0.338 e. The molecule has 2 aromatic rings. The first-order valence-corrected chi connectivity index (χ1v) is 8.83. The molecule has 6 nitrogen and oxygen atoms in total. The van der Waals surface area contributed by atoms with Crippen LogP contribution in [0.15, 0.2) is 30.3 Å². The van der Waals surface area contributed by atoms with Crippen molar-refractivity contribution in [3.05, 3.63) is 47.5 Å². The second kappa shape index (κ2) is 7.35. The molecule has 1 aromatic heterocycles. The Balaban J connectivity index is 1.58. The molecule has 1 saturated heterocycles.